The number of halogens is 3. The molecule has 2 rings (SSSR count). The van der Waals surface area contributed by atoms with E-state index in [-0.39, 0.29) is 29.8 Å². The topological polar surface area (TPSA) is 114 Å². The second-order valence-corrected chi connectivity index (χ2v) is 8.66. The van der Waals surface area contributed by atoms with Gasteiger partial charge in [-0.05, 0) is 48.5 Å². The molecule has 0 unspecified atom stereocenters. The van der Waals surface area contributed by atoms with Crippen LogP contribution in [0.25, 0.3) is 0 Å². The van der Waals surface area contributed by atoms with Gasteiger partial charge in [-0.25, -0.2) is 13.1 Å². The molecule has 0 aromatic heterocycles. The van der Waals surface area contributed by atoms with Crippen molar-refractivity contribution in [3.05, 3.63) is 54.1 Å². The van der Waals surface area contributed by atoms with E-state index in [2.05, 4.69) is 20.1 Å². The smallest absolute Gasteiger partial charge is 0.406 e. The molecule has 0 aliphatic heterocycles. The summed E-state index contributed by atoms with van der Waals surface area (Å²) < 4.78 is 66.8. The fourth-order valence-corrected chi connectivity index (χ4v) is 3.39. The third kappa shape index (κ3) is 7.85. The van der Waals surface area contributed by atoms with Crippen LogP contribution in [0.2, 0.25) is 0 Å². The number of anilines is 1. The standard InChI is InChI=1S/C20H22F3N3O5S/c1-13(2)18(27)26-15-5-3-14(4-6-15)19(28)24-11-12-25-32(29,30)17-9-7-16(8-10-17)31-20(21,22)23/h3-10,13,25H,11-12H2,1-2H3,(H,24,28)(H,26,27). The zero-order chi connectivity index (χ0) is 23.9. The predicted octanol–water partition coefficient (Wildman–Crippen LogP) is 2.89. The number of nitrogens with one attached hydrogen (secondary N) is 3. The molecular weight excluding hydrogens is 451 g/mol. The molecule has 0 heterocycles. The Morgan fingerprint density at radius 1 is 0.969 bits per heavy atom. The molecule has 0 aliphatic rings. The predicted molar refractivity (Wildman–Crippen MR) is 111 cm³/mol. The van der Waals surface area contributed by atoms with Crippen molar-refractivity contribution < 1.29 is 35.9 Å². The van der Waals surface area contributed by atoms with Crippen molar-refractivity contribution in [3.8, 4) is 5.75 Å². The number of sulfonamides is 1. The third-order valence-electron chi connectivity index (χ3n) is 4.01. The van der Waals surface area contributed by atoms with Gasteiger partial charge in [0.1, 0.15) is 5.75 Å². The molecule has 174 valence electrons. The lowest BCUT2D eigenvalue weighted by Crippen LogP contribution is -2.34. The fourth-order valence-electron chi connectivity index (χ4n) is 2.36. The van der Waals surface area contributed by atoms with Crippen molar-refractivity contribution in [2.45, 2.75) is 25.1 Å². The summed E-state index contributed by atoms with van der Waals surface area (Å²) in [5.41, 5.74) is 0.857. The van der Waals surface area contributed by atoms with Gasteiger partial charge in [-0.15, -0.1) is 13.2 Å². The van der Waals surface area contributed by atoms with Crippen LogP contribution < -0.4 is 20.1 Å². The maximum Gasteiger partial charge on any atom is 0.573 e. The fraction of sp³-hybridized carbons (Fsp3) is 0.300. The first-order valence-electron chi connectivity index (χ1n) is 9.42. The second kappa shape index (κ2) is 10.5. The number of carbonyl (C=O) groups excluding carboxylic acids is 2. The van der Waals surface area contributed by atoms with Crippen LogP contribution in [0.5, 0.6) is 5.75 Å². The van der Waals surface area contributed by atoms with Crippen LogP contribution >= 0.6 is 0 Å². The lowest BCUT2D eigenvalue weighted by Gasteiger charge is -2.11. The van der Waals surface area contributed by atoms with Crippen LogP contribution in [0, 0.1) is 5.92 Å². The molecule has 2 amide bonds. The zero-order valence-corrected chi connectivity index (χ0v) is 18.0. The second-order valence-electron chi connectivity index (χ2n) is 6.89. The van der Waals surface area contributed by atoms with Gasteiger partial charge in [0, 0.05) is 30.3 Å². The number of rotatable bonds is 9. The Bertz CT molecular complexity index is 1040. The minimum absolute atomic E-state index is 0.0286. The van der Waals surface area contributed by atoms with Crippen LogP contribution in [-0.4, -0.2) is 39.7 Å². The first kappa shape index (κ1) is 25.1. The monoisotopic (exact) mass is 473 g/mol. The molecular formula is C20H22F3N3O5S. The Kier molecular flexibility index (Phi) is 8.22. The van der Waals surface area contributed by atoms with E-state index < -0.39 is 28.0 Å². The highest BCUT2D eigenvalue weighted by Gasteiger charge is 2.31. The summed E-state index contributed by atoms with van der Waals surface area (Å²) in [6.07, 6.45) is -4.88. The molecule has 0 radical (unpaired) electrons. The Labute approximate surface area is 183 Å². The Morgan fingerprint density at radius 3 is 2.09 bits per heavy atom. The molecule has 0 bridgehead atoms. The van der Waals surface area contributed by atoms with E-state index in [0.717, 1.165) is 24.3 Å². The van der Waals surface area contributed by atoms with Gasteiger partial charge in [0.25, 0.3) is 5.91 Å². The van der Waals surface area contributed by atoms with E-state index >= 15 is 0 Å². The average molecular weight is 473 g/mol. The molecule has 2 aromatic carbocycles. The van der Waals surface area contributed by atoms with E-state index in [1.807, 2.05) is 0 Å². The van der Waals surface area contributed by atoms with Crippen molar-refractivity contribution in [2.75, 3.05) is 18.4 Å². The highest BCUT2D eigenvalue weighted by Crippen LogP contribution is 2.23. The number of benzene rings is 2. The van der Waals surface area contributed by atoms with Crippen LogP contribution in [-0.2, 0) is 14.8 Å². The van der Waals surface area contributed by atoms with Gasteiger partial charge in [0.2, 0.25) is 15.9 Å². The van der Waals surface area contributed by atoms with Crippen LogP contribution in [0.3, 0.4) is 0 Å². The summed E-state index contributed by atoms with van der Waals surface area (Å²) in [6.45, 7) is 3.34. The molecule has 2 aromatic rings. The summed E-state index contributed by atoms with van der Waals surface area (Å²) in [5, 5.41) is 5.23. The first-order valence-corrected chi connectivity index (χ1v) is 10.9. The number of hydrogen-bond acceptors (Lipinski definition) is 5. The quantitative estimate of drug-likeness (QED) is 0.485. The van der Waals surface area contributed by atoms with Gasteiger partial charge in [-0.3, -0.25) is 9.59 Å². The number of amides is 2. The number of alkyl halides is 3. The highest BCUT2D eigenvalue weighted by atomic mass is 32.2. The molecule has 3 N–H and O–H groups in total. The van der Waals surface area contributed by atoms with Gasteiger partial charge >= 0.3 is 6.36 Å². The van der Waals surface area contributed by atoms with Gasteiger partial charge in [-0.1, -0.05) is 13.8 Å². The van der Waals surface area contributed by atoms with E-state index in [0.29, 0.717) is 11.3 Å². The molecule has 8 nitrogen and oxygen atoms in total. The molecule has 0 saturated heterocycles. The van der Waals surface area contributed by atoms with Crippen molar-refractivity contribution in [2.24, 2.45) is 5.92 Å². The van der Waals surface area contributed by atoms with E-state index in [9.17, 15) is 31.2 Å². The van der Waals surface area contributed by atoms with Gasteiger partial charge in [0.15, 0.2) is 0 Å². The molecule has 0 saturated carbocycles. The average Bonchev–Trinajstić information content (AvgIpc) is 2.70. The molecule has 0 spiro atoms. The lowest BCUT2D eigenvalue weighted by molar-refractivity contribution is -0.274. The van der Waals surface area contributed by atoms with E-state index in [1.54, 1.807) is 26.0 Å². The van der Waals surface area contributed by atoms with Crippen LogP contribution in [0.1, 0.15) is 24.2 Å². The summed E-state index contributed by atoms with van der Waals surface area (Å²) in [5.74, 6) is -1.33. The SMILES string of the molecule is CC(C)C(=O)Nc1ccc(C(=O)NCCNS(=O)(=O)c2ccc(OC(F)(F)F)cc2)cc1. The number of ether oxygens (including phenoxy) is 1. The maximum atomic E-state index is 12.2. The Morgan fingerprint density at radius 2 is 1.56 bits per heavy atom. The lowest BCUT2D eigenvalue weighted by atomic mass is 10.1. The minimum Gasteiger partial charge on any atom is -0.406 e. The summed E-state index contributed by atoms with van der Waals surface area (Å²) in [6, 6.07) is 9.89. The van der Waals surface area contributed by atoms with Gasteiger partial charge in [0.05, 0.1) is 4.90 Å². The zero-order valence-electron chi connectivity index (χ0n) is 17.2. The molecule has 12 heteroatoms. The van der Waals surface area contributed by atoms with E-state index in [1.165, 1.54) is 12.1 Å². The molecule has 0 atom stereocenters. The van der Waals surface area contributed by atoms with E-state index in [4.69, 9.17) is 0 Å². The van der Waals surface area contributed by atoms with Crippen molar-refractivity contribution in [1.29, 1.82) is 0 Å². The third-order valence-corrected chi connectivity index (χ3v) is 5.49. The molecule has 0 aliphatic carbocycles. The van der Waals surface area contributed by atoms with Gasteiger partial charge < -0.3 is 15.4 Å². The summed E-state index contributed by atoms with van der Waals surface area (Å²) in [7, 11) is -3.99. The van der Waals surface area contributed by atoms with Gasteiger partial charge in [-0.2, -0.15) is 0 Å². The largest absolute Gasteiger partial charge is 0.573 e. The van der Waals surface area contributed by atoms with Crippen molar-refractivity contribution >= 4 is 27.5 Å². The summed E-state index contributed by atoms with van der Waals surface area (Å²) in [4.78, 5) is 23.6. The molecule has 0 fully saturated rings. The normalized spacial score (nSPS) is 11.8. The van der Waals surface area contributed by atoms with Crippen LogP contribution in [0.15, 0.2) is 53.4 Å². The van der Waals surface area contributed by atoms with Crippen molar-refractivity contribution in [1.82, 2.24) is 10.0 Å². The molecule has 32 heavy (non-hydrogen) atoms. The van der Waals surface area contributed by atoms with Crippen LogP contribution in [0.4, 0.5) is 18.9 Å². The summed E-state index contributed by atoms with van der Waals surface area (Å²) >= 11 is 0. The number of hydrogen-bond donors (Lipinski definition) is 3. The van der Waals surface area contributed by atoms with Crippen molar-refractivity contribution in [3.63, 3.8) is 0 Å². The minimum atomic E-state index is -4.88. The maximum absolute atomic E-state index is 12.2. The first-order chi connectivity index (χ1) is 14.9. The number of carbonyl (C=O) groups is 2. The Balaban J connectivity index is 1.83. The highest BCUT2D eigenvalue weighted by molar-refractivity contribution is 7.89. The Hall–Kier alpha value is -3.12.